The van der Waals surface area contributed by atoms with Crippen LogP contribution in [-0.4, -0.2) is 35.4 Å². The molecular formula is C27H32ClNO4. The molecule has 1 fully saturated rings. The minimum absolute atomic E-state index is 0.0335. The highest BCUT2D eigenvalue weighted by molar-refractivity contribution is 6.46. The van der Waals surface area contributed by atoms with E-state index < -0.39 is 17.7 Å². The molecule has 6 heteroatoms. The van der Waals surface area contributed by atoms with Gasteiger partial charge in [0.1, 0.15) is 11.5 Å². The van der Waals surface area contributed by atoms with Gasteiger partial charge in [-0.2, -0.15) is 0 Å². The Labute approximate surface area is 201 Å². The molecule has 0 radical (unpaired) electrons. The lowest BCUT2D eigenvalue weighted by atomic mass is 9.85. The molecule has 1 aliphatic rings. The maximum atomic E-state index is 13.2. The van der Waals surface area contributed by atoms with Crippen molar-refractivity contribution < 1.29 is 19.4 Å². The standard InChI is InChI=1S/C27H32ClNO4/c1-7-8-13-29-22(17-9-11-18(12-10-17)27(3,4)5)21(24(31)26(29)32)23(30)19-14-16(2)15-20(28)25(19)33-6/h9-12,14-15,22,30H,7-8,13H2,1-6H3/b23-21+. The molecule has 1 atom stereocenters. The molecular weight excluding hydrogens is 438 g/mol. The fourth-order valence-electron chi connectivity index (χ4n) is 4.21. The van der Waals surface area contributed by atoms with Gasteiger partial charge in [0.2, 0.25) is 0 Å². The average molecular weight is 470 g/mol. The number of nitrogens with zero attached hydrogens (tertiary/aromatic N) is 1. The molecule has 1 N–H and O–H groups in total. The second-order valence-corrected chi connectivity index (χ2v) is 9.95. The number of unbranched alkanes of at least 4 members (excludes halogenated alkanes) is 1. The number of likely N-dealkylation sites (tertiary alicyclic amines) is 1. The molecule has 33 heavy (non-hydrogen) atoms. The number of benzene rings is 2. The largest absolute Gasteiger partial charge is 0.507 e. The summed E-state index contributed by atoms with van der Waals surface area (Å²) >= 11 is 6.34. The smallest absolute Gasteiger partial charge is 0.295 e. The van der Waals surface area contributed by atoms with Crippen molar-refractivity contribution in [3.8, 4) is 5.75 Å². The van der Waals surface area contributed by atoms with Crippen LogP contribution in [0.2, 0.25) is 5.02 Å². The lowest BCUT2D eigenvalue weighted by molar-refractivity contribution is -0.139. The Hall–Kier alpha value is -2.79. The van der Waals surface area contributed by atoms with Gasteiger partial charge in [-0.05, 0) is 47.6 Å². The molecule has 0 aliphatic carbocycles. The van der Waals surface area contributed by atoms with Gasteiger partial charge in [-0.1, -0.05) is 70.0 Å². The number of carbonyl (C=O) groups excluding carboxylic acids is 2. The molecule has 3 rings (SSSR count). The van der Waals surface area contributed by atoms with Crippen molar-refractivity contribution in [2.75, 3.05) is 13.7 Å². The number of rotatable bonds is 6. The summed E-state index contributed by atoms with van der Waals surface area (Å²) in [6.45, 7) is 10.7. The second kappa shape index (κ2) is 9.60. The van der Waals surface area contributed by atoms with Crippen molar-refractivity contribution in [3.63, 3.8) is 0 Å². The number of hydrogen-bond donors (Lipinski definition) is 1. The summed E-state index contributed by atoms with van der Waals surface area (Å²) < 4.78 is 5.42. The topological polar surface area (TPSA) is 66.8 Å². The zero-order valence-electron chi connectivity index (χ0n) is 20.2. The van der Waals surface area contributed by atoms with Gasteiger partial charge in [-0.15, -0.1) is 0 Å². The molecule has 2 aromatic carbocycles. The predicted octanol–water partition coefficient (Wildman–Crippen LogP) is 6.18. The summed E-state index contributed by atoms with van der Waals surface area (Å²) in [4.78, 5) is 27.8. The van der Waals surface area contributed by atoms with E-state index in [0.29, 0.717) is 17.1 Å². The van der Waals surface area contributed by atoms with E-state index in [2.05, 4.69) is 20.8 Å². The first kappa shape index (κ1) is 24.8. The number of Topliss-reactive ketones (excluding diaryl/α,β-unsaturated/α-hetero) is 1. The van der Waals surface area contributed by atoms with Gasteiger partial charge in [0.15, 0.2) is 0 Å². The Balaban J connectivity index is 2.23. The molecule has 5 nitrogen and oxygen atoms in total. The van der Waals surface area contributed by atoms with Gasteiger partial charge in [-0.3, -0.25) is 9.59 Å². The zero-order valence-corrected chi connectivity index (χ0v) is 20.9. The van der Waals surface area contributed by atoms with E-state index in [9.17, 15) is 14.7 Å². The number of ketones is 1. The van der Waals surface area contributed by atoms with Gasteiger partial charge in [0.05, 0.1) is 29.3 Å². The van der Waals surface area contributed by atoms with Crippen LogP contribution in [0.1, 0.15) is 68.8 Å². The quantitative estimate of drug-likeness (QED) is 0.312. The van der Waals surface area contributed by atoms with Gasteiger partial charge in [0, 0.05) is 6.54 Å². The number of hydrogen-bond acceptors (Lipinski definition) is 4. The first-order chi connectivity index (χ1) is 15.5. The number of methoxy groups -OCH3 is 1. The molecule has 1 amide bonds. The van der Waals surface area contributed by atoms with E-state index in [1.165, 1.54) is 7.11 Å². The third-order valence-corrected chi connectivity index (χ3v) is 6.31. The van der Waals surface area contributed by atoms with E-state index in [4.69, 9.17) is 16.3 Å². The number of halogens is 1. The van der Waals surface area contributed by atoms with Crippen LogP contribution in [0.15, 0.2) is 42.0 Å². The average Bonchev–Trinajstić information content (AvgIpc) is 3.01. The molecule has 2 aromatic rings. The summed E-state index contributed by atoms with van der Waals surface area (Å²) in [5, 5.41) is 11.7. The van der Waals surface area contributed by atoms with Crippen LogP contribution in [0, 0.1) is 6.92 Å². The van der Waals surface area contributed by atoms with Crippen LogP contribution in [-0.2, 0) is 15.0 Å². The van der Waals surface area contributed by atoms with Crippen molar-refractivity contribution in [1.82, 2.24) is 4.90 Å². The van der Waals surface area contributed by atoms with Gasteiger partial charge >= 0.3 is 0 Å². The molecule has 0 aromatic heterocycles. The molecule has 1 unspecified atom stereocenters. The third-order valence-electron chi connectivity index (χ3n) is 6.03. The number of aliphatic hydroxyl groups excluding tert-OH is 1. The highest BCUT2D eigenvalue weighted by atomic mass is 35.5. The van der Waals surface area contributed by atoms with Gasteiger partial charge in [0.25, 0.3) is 11.7 Å². The molecule has 0 saturated carbocycles. The second-order valence-electron chi connectivity index (χ2n) is 9.55. The minimum Gasteiger partial charge on any atom is -0.507 e. The van der Waals surface area contributed by atoms with Crippen LogP contribution in [0.25, 0.3) is 5.76 Å². The Kier molecular flexibility index (Phi) is 7.23. The van der Waals surface area contributed by atoms with E-state index in [0.717, 1.165) is 29.5 Å². The third kappa shape index (κ3) is 4.79. The van der Waals surface area contributed by atoms with Gasteiger partial charge in [-0.25, -0.2) is 0 Å². The number of ether oxygens (including phenoxy) is 1. The van der Waals surface area contributed by atoms with Crippen LogP contribution >= 0.6 is 11.6 Å². The normalized spacial score (nSPS) is 18.2. The zero-order chi connectivity index (χ0) is 24.5. The van der Waals surface area contributed by atoms with E-state index in [1.54, 1.807) is 17.0 Å². The van der Waals surface area contributed by atoms with Crippen LogP contribution in [0.5, 0.6) is 5.75 Å². The van der Waals surface area contributed by atoms with Crippen LogP contribution in [0.3, 0.4) is 0 Å². The molecule has 1 saturated heterocycles. The van der Waals surface area contributed by atoms with Crippen molar-refractivity contribution in [3.05, 3.63) is 69.2 Å². The maximum Gasteiger partial charge on any atom is 0.295 e. The summed E-state index contributed by atoms with van der Waals surface area (Å²) in [5.41, 5.74) is 3.04. The summed E-state index contributed by atoms with van der Waals surface area (Å²) in [5.74, 6) is -1.32. The van der Waals surface area contributed by atoms with E-state index in [1.807, 2.05) is 38.1 Å². The highest BCUT2D eigenvalue weighted by Gasteiger charge is 2.46. The molecule has 1 aliphatic heterocycles. The Morgan fingerprint density at radius 2 is 1.79 bits per heavy atom. The highest BCUT2D eigenvalue weighted by Crippen LogP contribution is 2.43. The number of carbonyl (C=O) groups is 2. The molecule has 0 spiro atoms. The molecule has 0 bridgehead atoms. The van der Waals surface area contributed by atoms with E-state index in [-0.39, 0.29) is 22.5 Å². The predicted molar refractivity (Wildman–Crippen MR) is 132 cm³/mol. The summed E-state index contributed by atoms with van der Waals surface area (Å²) in [7, 11) is 1.45. The van der Waals surface area contributed by atoms with Crippen molar-refractivity contribution in [2.45, 2.75) is 58.9 Å². The lowest BCUT2D eigenvalue weighted by Gasteiger charge is -2.26. The van der Waals surface area contributed by atoms with Crippen molar-refractivity contribution in [2.24, 2.45) is 0 Å². The summed E-state index contributed by atoms with van der Waals surface area (Å²) in [6, 6.07) is 10.6. The van der Waals surface area contributed by atoms with Gasteiger partial charge < -0.3 is 14.7 Å². The number of aliphatic hydroxyl groups is 1. The summed E-state index contributed by atoms with van der Waals surface area (Å²) in [6.07, 6.45) is 1.63. The monoisotopic (exact) mass is 469 g/mol. The van der Waals surface area contributed by atoms with Crippen LogP contribution < -0.4 is 4.74 Å². The van der Waals surface area contributed by atoms with Crippen molar-refractivity contribution in [1.29, 1.82) is 0 Å². The van der Waals surface area contributed by atoms with Crippen molar-refractivity contribution >= 4 is 29.1 Å². The fourth-order valence-corrected chi connectivity index (χ4v) is 4.56. The first-order valence-electron chi connectivity index (χ1n) is 11.2. The Morgan fingerprint density at radius 1 is 1.15 bits per heavy atom. The Morgan fingerprint density at radius 3 is 2.33 bits per heavy atom. The van der Waals surface area contributed by atoms with E-state index >= 15 is 0 Å². The lowest BCUT2D eigenvalue weighted by Crippen LogP contribution is -2.30. The van der Waals surface area contributed by atoms with Crippen LogP contribution in [0.4, 0.5) is 0 Å². The minimum atomic E-state index is -0.701. The number of amides is 1. The fraction of sp³-hybridized carbons (Fsp3) is 0.407. The first-order valence-corrected chi connectivity index (χ1v) is 11.6. The Bertz CT molecular complexity index is 1100. The molecule has 176 valence electrons. The molecule has 1 heterocycles. The maximum absolute atomic E-state index is 13.2. The number of aryl methyl sites for hydroxylation is 1. The SMILES string of the molecule is CCCCN1C(=O)C(=O)/C(=C(/O)c2cc(C)cc(Cl)c2OC)C1c1ccc(C(C)(C)C)cc1.